The van der Waals surface area contributed by atoms with Crippen molar-refractivity contribution in [2.45, 2.75) is 18.8 Å². The number of nitrogens with zero attached hydrogens (tertiary/aromatic N) is 1. The van der Waals surface area contributed by atoms with Gasteiger partial charge in [-0.25, -0.2) is 0 Å². The van der Waals surface area contributed by atoms with E-state index in [9.17, 15) is 14.8 Å². The van der Waals surface area contributed by atoms with E-state index < -0.39 is 17.7 Å². The van der Waals surface area contributed by atoms with Gasteiger partial charge in [0.2, 0.25) is 0 Å². The molecule has 1 N–H and O–H groups in total. The van der Waals surface area contributed by atoms with Gasteiger partial charge in [0.1, 0.15) is 0 Å². The van der Waals surface area contributed by atoms with Crippen molar-refractivity contribution < 1.29 is 14.8 Å². The molecule has 1 fully saturated rings. The summed E-state index contributed by atoms with van der Waals surface area (Å²) in [6.07, 6.45) is 0.645. The molecule has 1 aliphatic heterocycles. The van der Waals surface area contributed by atoms with Crippen molar-refractivity contribution in [3.8, 4) is 11.1 Å². The maximum absolute atomic E-state index is 12.0. The van der Waals surface area contributed by atoms with E-state index >= 15 is 0 Å². The summed E-state index contributed by atoms with van der Waals surface area (Å²) in [6, 6.07) is 16.4. The van der Waals surface area contributed by atoms with E-state index in [0.29, 0.717) is 6.42 Å². The molecule has 2 aromatic rings. The molecule has 1 unspecified atom stereocenters. The Labute approximate surface area is 127 Å². The third kappa shape index (κ3) is 1.81. The predicted octanol–water partition coefficient (Wildman–Crippen LogP) is 2.95. The molecule has 4 rings (SSSR count). The number of hydrogen-bond acceptors (Lipinski definition) is 3. The van der Waals surface area contributed by atoms with Gasteiger partial charge in [0.05, 0.1) is 5.92 Å². The Morgan fingerprint density at radius 2 is 1.50 bits per heavy atom. The van der Waals surface area contributed by atoms with Crippen molar-refractivity contribution in [1.29, 1.82) is 0 Å². The van der Waals surface area contributed by atoms with Gasteiger partial charge in [0.25, 0.3) is 11.8 Å². The largest absolute Gasteiger partial charge is 0.279 e. The van der Waals surface area contributed by atoms with Crippen LogP contribution in [0.1, 0.15) is 29.9 Å². The summed E-state index contributed by atoms with van der Waals surface area (Å²) in [5.41, 5.74) is 4.78. The lowest BCUT2D eigenvalue weighted by molar-refractivity contribution is -0.172. The van der Waals surface area contributed by atoms with E-state index in [4.69, 9.17) is 0 Å². The highest BCUT2D eigenvalue weighted by Gasteiger charge is 2.41. The fraction of sp³-hybridized carbons (Fsp3) is 0.222. The molecule has 110 valence electrons. The molecule has 2 amide bonds. The van der Waals surface area contributed by atoms with Gasteiger partial charge in [0, 0.05) is 12.3 Å². The number of carbonyl (C=O) groups excluding carboxylic acids is 2. The van der Waals surface area contributed by atoms with Crippen molar-refractivity contribution in [2.24, 2.45) is 5.92 Å². The SMILES string of the molecule is O=C1CC(CC2c3ccccc3-c3ccccc32)C(=O)N1O. The monoisotopic (exact) mass is 293 g/mol. The van der Waals surface area contributed by atoms with Crippen LogP contribution in [0.5, 0.6) is 0 Å². The number of hydrogen-bond donors (Lipinski definition) is 1. The molecular weight excluding hydrogens is 278 g/mol. The number of imide groups is 1. The second kappa shape index (κ2) is 4.78. The average Bonchev–Trinajstić information content (AvgIpc) is 2.99. The minimum atomic E-state index is -0.505. The van der Waals surface area contributed by atoms with E-state index in [1.165, 1.54) is 22.3 Å². The molecule has 0 spiro atoms. The fourth-order valence-electron chi connectivity index (χ4n) is 3.66. The summed E-state index contributed by atoms with van der Waals surface area (Å²) in [6.45, 7) is 0. The number of fused-ring (bicyclic) bond motifs is 3. The molecule has 0 saturated carbocycles. The van der Waals surface area contributed by atoms with Gasteiger partial charge in [0.15, 0.2) is 0 Å². The Bertz CT molecular complexity index is 738. The summed E-state index contributed by atoms with van der Waals surface area (Å²) < 4.78 is 0. The molecule has 0 aromatic heterocycles. The highest BCUT2D eigenvalue weighted by molar-refractivity contribution is 6.02. The molecule has 1 aliphatic carbocycles. The Morgan fingerprint density at radius 1 is 0.955 bits per heavy atom. The topological polar surface area (TPSA) is 57.6 Å². The van der Waals surface area contributed by atoms with Crippen LogP contribution < -0.4 is 0 Å². The molecule has 1 atom stereocenters. The normalized spacial score (nSPS) is 20.4. The lowest BCUT2D eigenvalue weighted by Gasteiger charge is -2.16. The van der Waals surface area contributed by atoms with Crippen molar-refractivity contribution in [3.63, 3.8) is 0 Å². The number of amides is 2. The fourth-order valence-corrected chi connectivity index (χ4v) is 3.66. The van der Waals surface area contributed by atoms with E-state index in [2.05, 4.69) is 24.3 Å². The molecule has 22 heavy (non-hydrogen) atoms. The second-order valence-electron chi connectivity index (χ2n) is 5.91. The Morgan fingerprint density at radius 3 is 2.00 bits per heavy atom. The van der Waals surface area contributed by atoms with Gasteiger partial charge in [-0.15, -0.1) is 0 Å². The Kier molecular flexibility index (Phi) is 2.87. The van der Waals surface area contributed by atoms with Crippen LogP contribution >= 0.6 is 0 Å². The van der Waals surface area contributed by atoms with Gasteiger partial charge in [-0.2, -0.15) is 5.06 Å². The van der Waals surface area contributed by atoms with Crippen LogP contribution in [0.3, 0.4) is 0 Å². The molecule has 4 heteroatoms. The lowest BCUT2D eigenvalue weighted by atomic mass is 9.86. The second-order valence-corrected chi connectivity index (χ2v) is 5.91. The third-order valence-electron chi connectivity index (χ3n) is 4.70. The number of rotatable bonds is 2. The summed E-state index contributed by atoms with van der Waals surface area (Å²) in [5.74, 6) is -1.33. The van der Waals surface area contributed by atoms with Crippen LogP contribution in [0.2, 0.25) is 0 Å². The van der Waals surface area contributed by atoms with Crippen molar-refractivity contribution >= 4 is 11.8 Å². The number of hydroxylamine groups is 2. The Hall–Kier alpha value is -2.46. The van der Waals surface area contributed by atoms with Crippen LogP contribution in [0.4, 0.5) is 0 Å². The van der Waals surface area contributed by atoms with E-state index in [0.717, 1.165) is 0 Å². The van der Waals surface area contributed by atoms with E-state index in [-0.39, 0.29) is 17.4 Å². The molecular formula is C18H15NO3. The molecule has 1 heterocycles. The summed E-state index contributed by atoms with van der Waals surface area (Å²) in [4.78, 5) is 23.5. The quantitative estimate of drug-likeness (QED) is 0.684. The highest BCUT2D eigenvalue weighted by atomic mass is 16.5. The maximum atomic E-state index is 12.0. The van der Waals surface area contributed by atoms with Crippen LogP contribution in [0.25, 0.3) is 11.1 Å². The average molecular weight is 293 g/mol. The van der Waals surface area contributed by atoms with E-state index in [1.54, 1.807) is 0 Å². The number of benzene rings is 2. The van der Waals surface area contributed by atoms with Crippen molar-refractivity contribution in [1.82, 2.24) is 5.06 Å². The van der Waals surface area contributed by atoms with Gasteiger partial charge >= 0.3 is 0 Å². The van der Waals surface area contributed by atoms with Gasteiger partial charge in [-0.1, -0.05) is 48.5 Å². The molecule has 2 aromatic carbocycles. The van der Waals surface area contributed by atoms with Crippen molar-refractivity contribution in [2.75, 3.05) is 0 Å². The van der Waals surface area contributed by atoms with Crippen LogP contribution in [-0.4, -0.2) is 22.1 Å². The summed E-state index contributed by atoms with van der Waals surface area (Å²) >= 11 is 0. The summed E-state index contributed by atoms with van der Waals surface area (Å²) in [5, 5.41) is 9.71. The lowest BCUT2D eigenvalue weighted by Crippen LogP contribution is -2.27. The minimum Gasteiger partial charge on any atom is -0.279 e. The first-order chi connectivity index (χ1) is 10.7. The van der Waals surface area contributed by atoms with Crippen LogP contribution in [0, 0.1) is 5.92 Å². The first-order valence-electron chi connectivity index (χ1n) is 7.40. The Balaban J connectivity index is 1.73. The standard InChI is InChI=1S/C18H15NO3/c20-17-10-11(18(21)19(17)22)9-16-14-7-3-1-5-12(14)13-6-2-4-8-15(13)16/h1-8,11,16,22H,9-10H2. The van der Waals surface area contributed by atoms with E-state index in [1.807, 2.05) is 24.3 Å². The zero-order valence-corrected chi connectivity index (χ0v) is 11.9. The maximum Gasteiger partial charge on any atom is 0.256 e. The minimum absolute atomic E-state index is 0.0934. The molecule has 0 radical (unpaired) electrons. The summed E-state index contributed by atoms with van der Waals surface area (Å²) in [7, 11) is 0. The highest BCUT2D eigenvalue weighted by Crippen LogP contribution is 2.48. The zero-order valence-electron chi connectivity index (χ0n) is 11.9. The molecule has 1 saturated heterocycles. The number of carbonyl (C=O) groups is 2. The van der Waals surface area contributed by atoms with Gasteiger partial charge in [-0.05, 0) is 28.7 Å². The third-order valence-corrected chi connectivity index (χ3v) is 4.70. The predicted molar refractivity (Wildman–Crippen MR) is 80.1 cm³/mol. The smallest absolute Gasteiger partial charge is 0.256 e. The van der Waals surface area contributed by atoms with Gasteiger partial charge in [-0.3, -0.25) is 14.8 Å². The molecule has 0 bridgehead atoms. The first-order valence-corrected chi connectivity index (χ1v) is 7.40. The van der Waals surface area contributed by atoms with Gasteiger partial charge < -0.3 is 0 Å². The van der Waals surface area contributed by atoms with Crippen LogP contribution in [0.15, 0.2) is 48.5 Å². The molecule has 4 nitrogen and oxygen atoms in total. The van der Waals surface area contributed by atoms with Crippen molar-refractivity contribution in [3.05, 3.63) is 59.7 Å². The molecule has 2 aliphatic rings. The first kappa shape index (κ1) is 13.2. The van der Waals surface area contributed by atoms with Crippen LogP contribution in [-0.2, 0) is 9.59 Å². The zero-order chi connectivity index (χ0) is 15.3.